The van der Waals surface area contributed by atoms with Crippen LogP contribution < -0.4 is 17.3 Å². The molecule has 1 atom stereocenters. The molecule has 0 saturated carbocycles. The van der Waals surface area contributed by atoms with Crippen LogP contribution in [-0.2, 0) is 38.1 Å². The van der Waals surface area contributed by atoms with Crippen LogP contribution in [0.1, 0.15) is 15.3 Å². The highest BCUT2D eigenvalue weighted by Crippen LogP contribution is 1.96. The number of esters is 4. The molecule has 1 N–H and O–H groups in total. The third kappa shape index (κ3) is 13.5. The van der Waals surface area contributed by atoms with Gasteiger partial charge in [0.25, 0.3) is 0 Å². The number of carbonyl (C=O) groups is 4. The summed E-state index contributed by atoms with van der Waals surface area (Å²) in [4.78, 5) is 46.5. The molecule has 0 aromatic heterocycles. The Morgan fingerprint density at radius 2 is 1.30 bits per heavy atom. The molecular formula is C17H28ClNO8. The van der Waals surface area contributed by atoms with E-state index in [1.54, 1.807) is 0 Å². The number of rotatable bonds is 11. The van der Waals surface area contributed by atoms with E-state index in [1.807, 2.05) is 13.8 Å². The number of quaternary nitrogens is 1. The molecule has 0 saturated heterocycles. The molecule has 0 aliphatic rings. The molecule has 0 radical (unpaired) electrons. The lowest BCUT2D eigenvalue weighted by molar-refractivity contribution is -0.899. The van der Waals surface area contributed by atoms with Crippen LogP contribution >= 0.6 is 0 Å². The lowest BCUT2D eigenvalue weighted by Gasteiger charge is -2.22. The predicted octanol–water partition coefficient (Wildman–Crippen LogP) is -3.93. The van der Waals surface area contributed by atoms with E-state index in [0.29, 0.717) is 6.54 Å². The van der Waals surface area contributed by atoms with E-state index in [0.717, 1.165) is 42.3 Å². The summed E-state index contributed by atoms with van der Waals surface area (Å²) < 4.78 is 19.0. The van der Waals surface area contributed by atoms with Gasteiger partial charge in [-0.05, 0) is 13.8 Å². The summed E-state index contributed by atoms with van der Waals surface area (Å²) in [6, 6.07) is 0. The smallest absolute Gasteiger partial charge is 0.331 e. The molecule has 0 fully saturated rings. The number of hydrogen-bond acceptors (Lipinski definition) is 8. The van der Waals surface area contributed by atoms with E-state index in [4.69, 9.17) is 9.47 Å². The highest BCUT2D eigenvalue weighted by Gasteiger charge is 2.20. The minimum atomic E-state index is -0.768. The van der Waals surface area contributed by atoms with Gasteiger partial charge in [-0.2, -0.15) is 0 Å². The molecule has 0 aliphatic heterocycles. The van der Waals surface area contributed by atoms with Crippen molar-refractivity contribution < 1.29 is 56.9 Å². The molecule has 9 nitrogen and oxygen atoms in total. The standard InChI is InChI=1S/C17H25NO8.ClH.H2/c1-5-18(6-2)11-13(26-17(22)10-8-15(20)24-4)12-25-16(21)9-7-14(19)23-3;;/h7-10,13H,5-6,11-12H2,1-4H3;2*1H/b9-7+,10-8+;;. The Hall–Kier alpha value is -2.39. The van der Waals surface area contributed by atoms with Crippen LogP contribution in [0.4, 0.5) is 0 Å². The highest BCUT2D eigenvalue weighted by molar-refractivity contribution is 5.92. The first-order valence-corrected chi connectivity index (χ1v) is 8.09. The second kappa shape index (κ2) is 15.8. The zero-order chi connectivity index (χ0) is 19.9. The van der Waals surface area contributed by atoms with Crippen molar-refractivity contribution in [3.63, 3.8) is 0 Å². The third-order valence-electron chi connectivity index (χ3n) is 3.32. The fourth-order valence-corrected chi connectivity index (χ4v) is 1.83. The van der Waals surface area contributed by atoms with Crippen molar-refractivity contribution in [1.29, 1.82) is 0 Å². The van der Waals surface area contributed by atoms with Crippen molar-refractivity contribution in [2.75, 3.05) is 40.5 Å². The zero-order valence-corrected chi connectivity index (χ0v) is 16.6. The summed E-state index contributed by atoms with van der Waals surface area (Å²) in [5, 5.41) is 0. The molecule has 0 aromatic rings. The Balaban J connectivity index is -0.00000312. The Bertz CT molecular complexity index is 549. The van der Waals surface area contributed by atoms with Gasteiger partial charge in [0.15, 0.2) is 6.10 Å². The van der Waals surface area contributed by atoms with Gasteiger partial charge in [-0.1, -0.05) is 0 Å². The van der Waals surface area contributed by atoms with E-state index < -0.39 is 30.0 Å². The normalized spacial score (nSPS) is 11.7. The molecule has 1 unspecified atom stereocenters. The first-order chi connectivity index (χ1) is 12.4. The maximum absolute atomic E-state index is 11.8. The van der Waals surface area contributed by atoms with Crippen LogP contribution in [-0.4, -0.2) is 70.4 Å². The second-order valence-electron chi connectivity index (χ2n) is 5.06. The van der Waals surface area contributed by atoms with Gasteiger partial charge in [-0.15, -0.1) is 0 Å². The number of nitrogens with one attached hydrogen (secondary N) is 1. The third-order valence-corrected chi connectivity index (χ3v) is 3.32. The van der Waals surface area contributed by atoms with Crippen LogP contribution in [0.2, 0.25) is 0 Å². The SMILES string of the molecule is CC[NH+](CC)CC(COC(=O)/C=C/C(=O)OC)OC(=O)/C=C/C(=O)OC.[Cl-].[HH]. The average Bonchev–Trinajstić information content (AvgIpc) is 2.65. The van der Waals surface area contributed by atoms with Crippen molar-refractivity contribution in [2.45, 2.75) is 20.0 Å². The predicted molar refractivity (Wildman–Crippen MR) is 92.2 cm³/mol. The molecule has 156 valence electrons. The summed E-state index contributed by atoms with van der Waals surface area (Å²) in [6.45, 7) is 5.75. The monoisotopic (exact) mass is 409 g/mol. The summed E-state index contributed by atoms with van der Waals surface area (Å²) in [5.41, 5.74) is 0. The van der Waals surface area contributed by atoms with Gasteiger partial charge in [0.2, 0.25) is 0 Å². The van der Waals surface area contributed by atoms with Crippen LogP contribution in [0, 0.1) is 0 Å². The van der Waals surface area contributed by atoms with Gasteiger partial charge in [-0.25, -0.2) is 19.2 Å². The van der Waals surface area contributed by atoms with E-state index in [1.165, 1.54) is 14.2 Å². The quantitative estimate of drug-likeness (QED) is 0.209. The maximum Gasteiger partial charge on any atom is 0.331 e. The van der Waals surface area contributed by atoms with Gasteiger partial charge in [0, 0.05) is 25.7 Å². The van der Waals surface area contributed by atoms with Crippen molar-refractivity contribution >= 4 is 23.9 Å². The van der Waals surface area contributed by atoms with Gasteiger partial charge < -0.3 is 36.3 Å². The minimum Gasteiger partial charge on any atom is -1.00 e. The van der Waals surface area contributed by atoms with E-state index in [9.17, 15) is 19.2 Å². The van der Waals surface area contributed by atoms with E-state index in [2.05, 4.69) is 9.47 Å². The van der Waals surface area contributed by atoms with Crippen LogP contribution in [0.5, 0.6) is 0 Å². The Morgan fingerprint density at radius 1 is 0.852 bits per heavy atom. The summed E-state index contributed by atoms with van der Waals surface area (Å²) in [7, 11) is 2.37. The summed E-state index contributed by atoms with van der Waals surface area (Å²) in [6.07, 6.45) is 3.02. The minimum absolute atomic E-state index is 0. The number of hydrogen-bond donors (Lipinski definition) is 1. The molecular weight excluding hydrogens is 382 g/mol. The lowest BCUT2D eigenvalue weighted by atomic mass is 10.3. The Kier molecular flexibility index (Phi) is 15.7. The number of likely N-dealkylation sites (N-methyl/N-ethyl adjacent to an activating group) is 1. The zero-order valence-electron chi connectivity index (χ0n) is 15.9. The van der Waals surface area contributed by atoms with E-state index >= 15 is 0 Å². The van der Waals surface area contributed by atoms with Gasteiger partial charge >= 0.3 is 23.9 Å². The summed E-state index contributed by atoms with van der Waals surface area (Å²) >= 11 is 0. The highest BCUT2D eigenvalue weighted by atomic mass is 35.5. The number of halogens is 1. The fourth-order valence-electron chi connectivity index (χ4n) is 1.83. The number of ether oxygens (including phenoxy) is 4. The van der Waals surface area contributed by atoms with Crippen molar-refractivity contribution in [2.24, 2.45) is 0 Å². The molecule has 0 heterocycles. The van der Waals surface area contributed by atoms with Gasteiger partial charge in [0.1, 0.15) is 13.2 Å². The molecule has 0 amide bonds. The van der Waals surface area contributed by atoms with Crippen molar-refractivity contribution in [3.8, 4) is 0 Å². The fraction of sp³-hybridized carbons (Fsp3) is 0.529. The largest absolute Gasteiger partial charge is 1.00 e. The first kappa shape index (κ1) is 26.8. The Labute approximate surface area is 166 Å². The van der Waals surface area contributed by atoms with Gasteiger partial charge in [-0.3, -0.25) is 0 Å². The number of methoxy groups -OCH3 is 2. The molecule has 0 rings (SSSR count). The van der Waals surface area contributed by atoms with Crippen LogP contribution in [0.25, 0.3) is 0 Å². The molecule has 0 aliphatic carbocycles. The lowest BCUT2D eigenvalue weighted by Crippen LogP contribution is -3.12. The summed E-state index contributed by atoms with van der Waals surface area (Å²) in [5.74, 6) is -2.90. The van der Waals surface area contributed by atoms with Crippen LogP contribution in [0.15, 0.2) is 24.3 Å². The molecule has 0 bridgehead atoms. The first-order valence-electron chi connectivity index (χ1n) is 8.09. The Morgan fingerprint density at radius 3 is 1.74 bits per heavy atom. The topological polar surface area (TPSA) is 110 Å². The van der Waals surface area contributed by atoms with Gasteiger partial charge in [0.05, 0.1) is 27.3 Å². The van der Waals surface area contributed by atoms with Crippen LogP contribution in [0.3, 0.4) is 0 Å². The maximum atomic E-state index is 11.8. The molecule has 0 spiro atoms. The molecule has 10 heteroatoms. The molecule has 0 aromatic carbocycles. The average molecular weight is 410 g/mol. The van der Waals surface area contributed by atoms with E-state index in [-0.39, 0.29) is 20.4 Å². The second-order valence-corrected chi connectivity index (χ2v) is 5.06. The van der Waals surface area contributed by atoms with Crippen molar-refractivity contribution in [1.82, 2.24) is 0 Å². The van der Waals surface area contributed by atoms with Crippen molar-refractivity contribution in [3.05, 3.63) is 24.3 Å². The molecule has 27 heavy (non-hydrogen) atoms. The number of carbonyl (C=O) groups excluding carboxylic acids is 4.